The molecule has 1 aromatic rings. The molecule has 0 spiro atoms. The molecule has 18 heavy (non-hydrogen) atoms. The zero-order chi connectivity index (χ0) is 13.0. The molecule has 0 aliphatic carbocycles. The first-order chi connectivity index (χ1) is 8.72. The van der Waals surface area contributed by atoms with Crippen molar-refractivity contribution < 1.29 is 14.3 Å². The van der Waals surface area contributed by atoms with Crippen LogP contribution in [0.3, 0.4) is 0 Å². The molecule has 1 aliphatic heterocycles. The average Bonchev–Trinajstić information content (AvgIpc) is 2.79. The highest BCUT2D eigenvalue weighted by atomic mass is 16.6. The van der Waals surface area contributed by atoms with Crippen LogP contribution in [-0.4, -0.2) is 23.4 Å². The topological polar surface area (TPSA) is 46.6 Å². The molecule has 1 heterocycles. The van der Waals surface area contributed by atoms with Crippen LogP contribution in [0, 0.1) is 0 Å². The Hall–Kier alpha value is -1.84. The van der Waals surface area contributed by atoms with Gasteiger partial charge in [-0.15, -0.1) is 0 Å². The number of ether oxygens (including phenoxy) is 1. The first kappa shape index (κ1) is 12.6. The molecule has 1 aliphatic rings. The molecular weight excluding hydrogens is 230 g/mol. The van der Waals surface area contributed by atoms with Crippen LogP contribution >= 0.6 is 0 Å². The predicted octanol–water partition coefficient (Wildman–Crippen LogP) is 2.90. The van der Waals surface area contributed by atoms with E-state index in [-0.39, 0.29) is 12.0 Å². The van der Waals surface area contributed by atoms with Gasteiger partial charge in [-0.3, -0.25) is 4.79 Å². The van der Waals surface area contributed by atoms with Crippen molar-refractivity contribution in [1.29, 1.82) is 0 Å². The maximum atomic E-state index is 11.8. The van der Waals surface area contributed by atoms with Gasteiger partial charge >= 0.3 is 6.09 Å². The zero-order valence-corrected chi connectivity index (χ0v) is 10.5. The number of benzene rings is 1. The highest BCUT2D eigenvalue weighted by molar-refractivity contribution is 5.93. The van der Waals surface area contributed by atoms with Gasteiger partial charge in [-0.2, -0.15) is 0 Å². The largest absolute Gasteiger partial charge is 0.439 e. The predicted molar refractivity (Wildman–Crippen MR) is 66.9 cm³/mol. The zero-order valence-electron chi connectivity index (χ0n) is 10.5. The van der Waals surface area contributed by atoms with Gasteiger partial charge in [-0.25, -0.2) is 9.69 Å². The number of unbranched alkanes of at least 4 members (excludes halogenated alkanes) is 1. The quantitative estimate of drug-likeness (QED) is 0.821. The highest BCUT2D eigenvalue weighted by Crippen LogP contribution is 2.26. The second-order valence-electron chi connectivity index (χ2n) is 4.39. The van der Waals surface area contributed by atoms with E-state index in [1.165, 1.54) is 4.90 Å². The first-order valence-electron chi connectivity index (χ1n) is 6.28. The third-order valence-corrected chi connectivity index (χ3v) is 3.03. The molecule has 0 saturated carbocycles. The fourth-order valence-corrected chi connectivity index (χ4v) is 1.97. The van der Waals surface area contributed by atoms with Gasteiger partial charge in [-0.1, -0.05) is 43.7 Å². The molecule has 0 radical (unpaired) electrons. The van der Waals surface area contributed by atoms with Crippen LogP contribution in [0.1, 0.15) is 37.9 Å². The summed E-state index contributed by atoms with van der Waals surface area (Å²) in [5.74, 6) is -0.139. The van der Waals surface area contributed by atoms with Gasteiger partial charge in [0.05, 0.1) is 6.54 Å². The van der Waals surface area contributed by atoms with Crippen molar-refractivity contribution in [3.05, 3.63) is 35.9 Å². The van der Waals surface area contributed by atoms with Gasteiger partial charge in [0.25, 0.3) is 0 Å². The van der Waals surface area contributed by atoms with Crippen LogP contribution in [0.4, 0.5) is 4.79 Å². The lowest BCUT2D eigenvalue weighted by Crippen LogP contribution is -2.31. The maximum Gasteiger partial charge on any atom is 0.417 e. The van der Waals surface area contributed by atoms with Crippen molar-refractivity contribution >= 4 is 12.0 Å². The fraction of sp³-hybridized carbons (Fsp3) is 0.429. The lowest BCUT2D eigenvalue weighted by Gasteiger charge is -2.10. The Kier molecular flexibility index (Phi) is 3.97. The van der Waals surface area contributed by atoms with E-state index in [4.69, 9.17) is 4.74 Å². The summed E-state index contributed by atoms with van der Waals surface area (Å²) in [6.07, 6.45) is 1.30. The molecule has 0 N–H and O–H groups in total. The smallest absolute Gasteiger partial charge is 0.417 e. The summed E-state index contributed by atoms with van der Waals surface area (Å²) in [4.78, 5) is 24.7. The summed E-state index contributed by atoms with van der Waals surface area (Å²) in [6, 6.07) is 9.50. The Balaban J connectivity index is 2.01. The van der Waals surface area contributed by atoms with Gasteiger partial charge < -0.3 is 4.74 Å². The second-order valence-corrected chi connectivity index (χ2v) is 4.39. The number of hydrogen-bond acceptors (Lipinski definition) is 3. The minimum absolute atomic E-state index is 0.139. The van der Waals surface area contributed by atoms with Gasteiger partial charge in [0.15, 0.2) is 0 Å². The van der Waals surface area contributed by atoms with E-state index in [2.05, 4.69) is 0 Å². The normalized spacial score (nSPS) is 18.8. The number of imide groups is 1. The summed E-state index contributed by atoms with van der Waals surface area (Å²) in [6.45, 7) is 2.34. The van der Waals surface area contributed by atoms with E-state index in [1.807, 2.05) is 37.3 Å². The molecular formula is C14H17NO3. The van der Waals surface area contributed by atoms with Crippen LogP contribution < -0.4 is 0 Å². The Morgan fingerprint density at radius 3 is 2.78 bits per heavy atom. The minimum atomic E-state index is -0.523. The molecule has 96 valence electrons. The van der Waals surface area contributed by atoms with E-state index < -0.39 is 6.09 Å². The van der Waals surface area contributed by atoms with E-state index >= 15 is 0 Å². The van der Waals surface area contributed by atoms with E-state index in [9.17, 15) is 9.59 Å². The number of cyclic esters (lactones) is 1. The van der Waals surface area contributed by atoms with Crippen molar-refractivity contribution in [3.63, 3.8) is 0 Å². The van der Waals surface area contributed by atoms with Crippen LogP contribution in [0.25, 0.3) is 0 Å². The maximum absolute atomic E-state index is 11.8. The van der Waals surface area contributed by atoms with Gasteiger partial charge in [0.2, 0.25) is 5.91 Å². The molecule has 2 amide bonds. The summed E-state index contributed by atoms with van der Waals surface area (Å²) in [7, 11) is 0. The molecule has 4 heteroatoms. The third-order valence-electron chi connectivity index (χ3n) is 3.03. The first-order valence-corrected chi connectivity index (χ1v) is 6.28. The molecule has 0 aromatic heterocycles. The van der Waals surface area contributed by atoms with Crippen LogP contribution in [0.2, 0.25) is 0 Å². The summed E-state index contributed by atoms with van der Waals surface area (Å²) in [5.41, 5.74) is 0.927. The van der Waals surface area contributed by atoms with Crippen molar-refractivity contribution in [2.75, 3.05) is 6.54 Å². The number of rotatable bonds is 4. The Bertz CT molecular complexity index is 430. The monoisotopic (exact) mass is 247 g/mol. The number of amides is 2. The van der Waals surface area contributed by atoms with Crippen molar-refractivity contribution in [3.8, 4) is 0 Å². The molecule has 1 saturated heterocycles. The highest BCUT2D eigenvalue weighted by Gasteiger charge is 2.35. The molecule has 1 fully saturated rings. The number of carbonyl (C=O) groups is 2. The summed E-state index contributed by atoms with van der Waals surface area (Å²) < 4.78 is 5.23. The van der Waals surface area contributed by atoms with Gasteiger partial charge in [0.1, 0.15) is 6.10 Å². The van der Waals surface area contributed by atoms with E-state index in [1.54, 1.807) is 0 Å². The fourth-order valence-electron chi connectivity index (χ4n) is 1.97. The summed E-state index contributed by atoms with van der Waals surface area (Å²) >= 11 is 0. The Morgan fingerprint density at radius 1 is 1.39 bits per heavy atom. The molecule has 1 aromatic carbocycles. The van der Waals surface area contributed by atoms with Crippen LogP contribution in [-0.2, 0) is 9.53 Å². The molecule has 2 rings (SSSR count). The van der Waals surface area contributed by atoms with Crippen molar-refractivity contribution in [1.82, 2.24) is 4.90 Å². The average molecular weight is 247 g/mol. The van der Waals surface area contributed by atoms with Crippen LogP contribution in [0.5, 0.6) is 0 Å². The number of carbonyl (C=O) groups excluding carboxylic acids is 2. The van der Waals surface area contributed by atoms with Crippen molar-refractivity contribution in [2.24, 2.45) is 0 Å². The Morgan fingerprint density at radius 2 is 2.11 bits per heavy atom. The van der Waals surface area contributed by atoms with Gasteiger partial charge in [0, 0.05) is 6.42 Å². The third kappa shape index (κ3) is 2.70. The van der Waals surface area contributed by atoms with E-state index in [0.717, 1.165) is 18.4 Å². The lowest BCUT2D eigenvalue weighted by atomic mass is 10.1. The van der Waals surface area contributed by atoms with E-state index in [0.29, 0.717) is 13.0 Å². The molecule has 4 nitrogen and oxygen atoms in total. The molecule has 1 unspecified atom stereocenters. The SMILES string of the molecule is CCCCC(=O)N1CC(c2ccccc2)OC1=O. The molecule has 1 atom stereocenters. The number of nitrogens with zero attached hydrogens (tertiary/aromatic N) is 1. The lowest BCUT2D eigenvalue weighted by molar-refractivity contribution is -0.127. The Labute approximate surface area is 107 Å². The minimum Gasteiger partial charge on any atom is -0.439 e. The van der Waals surface area contributed by atoms with Crippen LogP contribution in [0.15, 0.2) is 30.3 Å². The number of hydrogen-bond donors (Lipinski definition) is 0. The van der Waals surface area contributed by atoms with Crippen molar-refractivity contribution in [2.45, 2.75) is 32.3 Å². The molecule has 0 bridgehead atoms. The summed E-state index contributed by atoms with van der Waals surface area (Å²) in [5, 5.41) is 0. The van der Waals surface area contributed by atoms with Gasteiger partial charge in [-0.05, 0) is 12.0 Å². The standard InChI is InChI=1S/C14H17NO3/c1-2-3-9-13(16)15-10-12(18-14(15)17)11-7-5-4-6-8-11/h4-8,12H,2-3,9-10H2,1H3. The second kappa shape index (κ2) is 5.67.